The van der Waals surface area contributed by atoms with E-state index in [0.717, 1.165) is 0 Å². The second-order valence-electron chi connectivity index (χ2n) is 5.45. The number of nitrogens with one attached hydrogen (secondary N) is 2. The van der Waals surface area contributed by atoms with Gasteiger partial charge in [-0.05, 0) is 31.2 Å². The van der Waals surface area contributed by atoms with Crippen molar-refractivity contribution in [1.82, 2.24) is 10.2 Å². The predicted molar refractivity (Wildman–Crippen MR) is 88.1 cm³/mol. The standard InChI is InChI=1S/C16H23N3O5/c20-8-6-19(7-9-21)5-1-4-17-16(23)12-2-3-14-13(10-12)18-15(22)11-24-14/h2-3,10,20-21H,1,4-9,11H2,(H,17,23)(H,18,22). The second kappa shape index (κ2) is 9.21. The minimum absolute atomic E-state index is 0.0171. The average Bonchev–Trinajstić information content (AvgIpc) is 2.58. The van der Waals surface area contributed by atoms with Crippen LogP contribution in [0.4, 0.5) is 5.69 Å². The molecule has 0 spiro atoms. The number of benzene rings is 1. The van der Waals surface area contributed by atoms with Gasteiger partial charge < -0.3 is 25.6 Å². The highest BCUT2D eigenvalue weighted by Gasteiger charge is 2.17. The first-order chi connectivity index (χ1) is 11.6. The Hall–Kier alpha value is -2.16. The molecule has 8 heteroatoms. The third kappa shape index (κ3) is 5.19. The number of carbonyl (C=O) groups is 2. The molecule has 1 aliphatic rings. The molecule has 0 radical (unpaired) electrons. The lowest BCUT2D eigenvalue weighted by Crippen LogP contribution is -2.33. The van der Waals surface area contributed by atoms with Gasteiger partial charge in [0.25, 0.3) is 11.8 Å². The molecule has 2 amide bonds. The van der Waals surface area contributed by atoms with Crippen LogP contribution in [0, 0.1) is 0 Å². The molecule has 4 N–H and O–H groups in total. The minimum Gasteiger partial charge on any atom is -0.482 e. The fourth-order valence-corrected chi connectivity index (χ4v) is 2.45. The highest BCUT2D eigenvalue weighted by molar-refractivity contribution is 5.99. The van der Waals surface area contributed by atoms with E-state index in [4.69, 9.17) is 14.9 Å². The molecule has 132 valence electrons. The summed E-state index contributed by atoms with van der Waals surface area (Å²) in [5.74, 6) is 0.0798. The number of aliphatic hydroxyl groups is 2. The van der Waals surface area contributed by atoms with Gasteiger partial charge in [-0.2, -0.15) is 0 Å². The topological polar surface area (TPSA) is 111 Å². The van der Waals surface area contributed by atoms with Gasteiger partial charge in [-0.25, -0.2) is 0 Å². The number of anilines is 1. The van der Waals surface area contributed by atoms with E-state index in [1.54, 1.807) is 18.2 Å². The van der Waals surface area contributed by atoms with E-state index in [-0.39, 0.29) is 31.6 Å². The van der Waals surface area contributed by atoms with Crippen LogP contribution in [0.2, 0.25) is 0 Å². The van der Waals surface area contributed by atoms with E-state index in [1.807, 2.05) is 4.90 Å². The van der Waals surface area contributed by atoms with Crippen LogP contribution in [0.3, 0.4) is 0 Å². The van der Waals surface area contributed by atoms with Gasteiger partial charge in [-0.1, -0.05) is 0 Å². The van der Waals surface area contributed by atoms with E-state index < -0.39 is 0 Å². The normalized spacial score (nSPS) is 13.2. The van der Waals surface area contributed by atoms with Gasteiger partial charge in [0.2, 0.25) is 0 Å². The molecular formula is C16H23N3O5. The lowest BCUT2D eigenvalue weighted by molar-refractivity contribution is -0.118. The largest absolute Gasteiger partial charge is 0.482 e. The summed E-state index contributed by atoms with van der Waals surface area (Å²) in [6, 6.07) is 4.90. The molecule has 0 atom stereocenters. The van der Waals surface area contributed by atoms with Crippen molar-refractivity contribution in [3.05, 3.63) is 23.8 Å². The van der Waals surface area contributed by atoms with Crippen LogP contribution in [0.1, 0.15) is 16.8 Å². The van der Waals surface area contributed by atoms with Crippen molar-refractivity contribution in [3.63, 3.8) is 0 Å². The number of hydrogen-bond donors (Lipinski definition) is 4. The van der Waals surface area contributed by atoms with Crippen molar-refractivity contribution < 1.29 is 24.5 Å². The molecule has 0 fully saturated rings. The Morgan fingerprint density at radius 1 is 1.25 bits per heavy atom. The number of nitrogens with zero attached hydrogens (tertiary/aromatic N) is 1. The maximum atomic E-state index is 12.1. The second-order valence-corrected chi connectivity index (χ2v) is 5.45. The first-order valence-electron chi connectivity index (χ1n) is 7.93. The Kier molecular flexibility index (Phi) is 6.98. The summed E-state index contributed by atoms with van der Waals surface area (Å²) in [5, 5.41) is 23.4. The monoisotopic (exact) mass is 337 g/mol. The van der Waals surface area contributed by atoms with Gasteiger partial charge in [0.1, 0.15) is 5.75 Å². The molecule has 1 aromatic rings. The molecule has 8 nitrogen and oxygen atoms in total. The fraction of sp³-hybridized carbons (Fsp3) is 0.500. The van der Waals surface area contributed by atoms with Crippen molar-refractivity contribution >= 4 is 17.5 Å². The van der Waals surface area contributed by atoms with Gasteiger partial charge in [0.15, 0.2) is 6.61 Å². The molecule has 1 aromatic carbocycles. The first-order valence-corrected chi connectivity index (χ1v) is 7.93. The summed E-state index contributed by atoms with van der Waals surface area (Å²) in [6.07, 6.45) is 0.705. The summed E-state index contributed by atoms with van der Waals surface area (Å²) in [7, 11) is 0. The quantitative estimate of drug-likeness (QED) is 0.449. The smallest absolute Gasteiger partial charge is 0.262 e. The van der Waals surface area contributed by atoms with Crippen LogP contribution in [0.5, 0.6) is 5.75 Å². The zero-order valence-corrected chi connectivity index (χ0v) is 13.5. The Morgan fingerprint density at radius 3 is 2.71 bits per heavy atom. The maximum Gasteiger partial charge on any atom is 0.262 e. The molecule has 24 heavy (non-hydrogen) atoms. The van der Waals surface area contributed by atoms with Crippen molar-refractivity contribution in [2.24, 2.45) is 0 Å². The van der Waals surface area contributed by atoms with Gasteiger partial charge >= 0.3 is 0 Å². The van der Waals surface area contributed by atoms with Gasteiger partial charge in [0.05, 0.1) is 18.9 Å². The van der Waals surface area contributed by atoms with Crippen LogP contribution < -0.4 is 15.4 Å². The highest BCUT2D eigenvalue weighted by atomic mass is 16.5. The molecular weight excluding hydrogens is 314 g/mol. The number of carbonyl (C=O) groups excluding carboxylic acids is 2. The summed E-state index contributed by atoms with van der Waals surface area (Å²) in [6.45, 7) is 2.21. The van der Waals surface area contributed by atoms with Gasteiger partial charge in [-0.3, -0.25) is 14.5 Å². The Labute approximate surface area is 140 Å². The Bertz CT molecular complexity index is 573. The Balaban J connectivity index is 1.80. The number of rotatable bonds is 9. The average molecular weight is 337 g/mol. The van der Waals surface area contributed by atoms with Crippen molar-refractivity contribution in [3.8, 4) is 5.75 Å². The summed E-state index contributed by atoms with van der Waals surface area (Å²) in [4.78, 5) is 25.4. The van der Waals surface area contributed by atoms with Crippen LogP contribution >= 0.6 is 0 Å². The van der Waals surface area contributed by atoms with E-state index >= 15 is 0 Å². The number of hydrogen-bond acceptors (Lipinski definition) is 6. The van der Waals surface area contributed by atoms with Gasteiger partial charge in [0, 0.05) is 25.2 Å². The lowest BCUT2D eigenvalue weighted by atomic mass is 10.1. The molecule has 0 aliphatic carbocycles. The highest BCUT2D eigenvalue weighted by Crippen LogP contribution is 2.28. The van der Waals surface area contributed by atoms with Gasteiger partial charge in [-0.15, -0.1) is 0 Å². The number of amides is 2. The molecule has 1 heterocycles. The van der Waals surface area contributed by atoms with E-state index in [2.05, 4.69) is 10.6 Å². The van der Waals surface area contributed by atoms with E-state index in [9.17, 15) is 9.59 Å². The SMILES string of the molecule is O=C1COc2ccc(C(=O)NCCCN(CCO)CCO)cc2N1. The maximum absolute atomic E-state index is 12.1. The number of fused-ring (bicyclic) bond motifs is 1. The summed E-state index contributed by atoms with van der Waals surface area (Å²) in [5.41, 5.74) is 0.943. The van der Waals surface area contributed by atoms with Crippen LogP contribution in [-0.2, 0) is 4.79 Å². The van der Waals surface area contributed by atoms with Crippen LogP contribution in [0.15, 0.2) is 18.2 Å². The third-order valence-electron chi connectivity index (χ3n) is 3.64. The minimum atomic E-state index is -0.243. The molecule has 0 unspecified atom stereocenters. The van der Waals surface area contributed by atoms with Crippen LogP contribution in [-0.4, -0.2) is 72.9 Å². The first kappa shape index (κ1) is 18.2. The lowest BCUT2D eigenvalue weighted by Gasteiger charge is -2.20. The fourth-order valence-electron chi connectivity index (χ4n) is 2.45. The molecule has 1 aliphatic heterocycles. The van der Waals surface area contributed by atoms with E-state index in [1.165, 1.54) is 0 Å². The molecule has 0 bridgehead atoms. The molecule has 0 aromatic heterocycles. The van der Waals surface area contributed by atoms with Crippen molar-refractivity contribution in [2.45, 2.75) is 6.42 Å². The van der Waals surface area contributed by atoms with Crippen molar-refractivity contribution in [1.29, 1.82) is 0 Å². The number of ether oxygens (including phenoxy) is 1. The summed E-state index contributed by atoms with van der Waals surface area (Å²) >= 11 is 0. The zero-order chi connectivity index (χ0) is 17.4. The summed E-state index contributed by atoms with van der Waals surface area (Å²) < 4.78 is 5.25. The van der Waals surface area contributed by atoms with E-state index in [0.29, 0.717) is 49.6 Å². The third-order valence-corrected chi connectivity index (χ3v) is 3.64. The van der Waals surface area contributed by atoms with Crippen molar-refractivity contribution in [2.75, 3.05) is 51.3 Å². The molecule has 0 saturated heterocycles. The molecule has 0 saturated carbocycles. The zero-order valence-electron chi connectivity index (χ0n) is 13.5. The number of aliphatic hydroxyl groups excluding tert-OH is 2. The predicted octanol–water partition coefficient (Wildman–Crippen LogP) is -0.576. The Morgan fingerprint density at radius 2 is 2.00 bits per heavy atom. The molecule has 2 rings (SSSR count). The van der Waals surface area contributed by atoms with Crippen LogP contribution in [0.25, 0.3) is 0 Å².